The van der Waals surface area contributed by atoms with Gasteiger partial charge in [0.1, 0.15) is 0 Å². The van der Waals surface area contributed by atoms with E-state index in [4.69, 9.17) is 9.47 Å². The summed E-state index contributed by atoms with van der Waals surface area (Å²) in [6.45, 7) is 6.34. The number of rotatable bonds is 8. The summed E-state index contributed by atoms with van der Waals surface area (Å²) in [4.78, 5) is 7.03. The van der Waals surface area contributed by atoms with Crippen molar-refractivity contribution in [3.8, 4) is 0 Å². The third-order valence-electron chi connectivity index (χ3n) is 3.85. The number of thiophene rings is 1. The summed E-state index contributed by atoms with van der Waals surface area (Å²) >= 11 is 1.86. The zero-order valence-corrected chi connectivity index (χ0v) is 17.8. The molecule has 1 saturated heterocycles. The first kappa shape index (κ1) is 21.7. The second-order valence-corrected chi connectivity index (χ2v) is 6.86. The third kappa shape index (κ3) is 8.13. The van der Waals surface area contributed by atoms with Gasteiger partial charge in [0.25, 0.3) is 0 Å². The Kier molecular flexibility index (Phi) is 11.7. The van der Waals surface area contributed by atoms with Crippen LogP contribution >= 0.6 is 35.3 Å². The largest absolute Gasteiger partial charge is 0.381 e. The maximum atomic E-state index is 5.86. The molecule has 1 fully saturated rings. The van der Waals surface area contributed by atoms with Crippen molar-refractivity contribution < 1.29 is 9.47 Å². The zero-order chi connectivity index (χ0) is 16.3. The molecule has 2 heterocycles. The van der Waals surface area contributed by atoms with Crippen molar-refractivity contribution >= 4 is 41.3 Å². The second-order valence-electron chi connectivity index (χ2n) is 5.61. The lowest BCUT2D eigenvalue weighted by Gasteiger charge is -2.22. The first-order valence-corrected chi connectivity index (χ1v) is 9.35. The van der Waals surface area contributed by atoms with Crippen LogP contribution in [0.4, 0.5) is 0 Å². The van der Waals surface area contributed by atoms with Crippen LogP contribution in [0.25, 0.3) is 0 Å². The van der Waals surface area contributed by atoms with Gasteiger partial charge in [-0.25, -0.2) is 0 Å². The highest BCUT2D eigenvalue weighted by molar-refractivity contribution is 14.0. The van der Waals surface area contributed by atoms with Gasteiger partial charge in [-0.1, -0.05) is 6.92 Å². The lowest BCUT2D eigenvalue weighted by Crippen LogP contribution is -2.37. The Morgan fingerprint density at radius 1 is 1.29 bits per heavy atom. The Labute approximate surface area is 166 Å². The molecule has 24 heavy (non-hydrogen) atoms. The normalized spacial score (nSPS) is 15.8. The monoisotopic (exact) mass is 467 g/mol. The van der Waals surface area contributed by atoms with Crippen LogP contribution < -0.4 is 10.6 Å². The second kappa shape index (κ2) is 12.9. The number of hydrogen-bond donors (Lipinski definition) is 2. The van der Waals surface area contributed by atoms with Gasteiger partial charge in [0, 0.05) is 43.2 Å². The molecule has 1 aromatic heterocycles. The summed E-state index contributed by atoms with van der Waals surface area (Å²) in [5.74, 6) is 0.850. The predicted molar refractivity (Wildman–Crippen MR) is 112 cm³/mol. The fourth-order valence-electron chi connectivity index (χ4n) is 2.47. The van der Waals surface area contributed by atoms with Crippen molar-refractivity contribution in [2.24, 2.45) is 4.99 Å². The smallest absolute Gasteiger partial charge is 0.191 e. The van der Waals surface area contributed by atoms with E-state index in [1.54, 1.807) is 7.05 Å². The van der Waals surface area contributed by atoms with Crippen molar-refractivity contribution in [2.75, 3.05) is 33.4 Å². The minimum Gasteiger partial charge on any atom is -0.381 e. The highest BCUT2D eigenvalue weighted by Crippen LogP contribution is 2.16. The molecule has 0 aliphatic carbocycles. The summed E-state index contributed by atoms with van der Waals surface area (Å²) in [6.07, 6.45) is 4.52. The molecule has 1 aromatic rings. The van der Waals surface area contributed by atoms with Crippen LogP contribution in [0.1, 0.15) is 35.9 Å². The maximum absolute atomic E-state index is 5.86. The van der Waals surface area contributed by atoms with Gasteiger partial charge in [0.2, 0.25) is 0 Å². The van der Waals surface area contributed by atoms with Crippen LogP contribution in [0, 0.1) is 0 Å². The van der Waals surface area contributed by atoms with E-state index >= 15 is 0 Å². The SMILES string of the molecule is CCc1ccc(CNC(=NC)NCCCOC2CCOCC2)s1.I. The maximum Gasteiger partial charge on any atom is 0.191 e. The third-order valence-corrected chi connectivity index (χ3v) is 5.08. The molecule has 7 heteroatoms. The minimum atomic E-state index is 0. The van der Waals surface area contributed by atoms with Gasteiger partial charge in [-0.2, -0.15) is 0 Å². The predicted octanol–water partition coefficient (Wildman–Crippen LogP) is 3.18. The van der Waals surface area contributed by atoms with E-state index in [1.807, 2.05) is 11.3 Å². The number of nitrogens with one attached hydrogen (secondary N) is 2. The van der Waals surface area contributed by atoms with Gasteiger partial charge in [-0.3, -0.25) is 4.99 Å². The first-order valence-electron chi connectivity index (χ1n) is 8.53. The Bertz CT molecular complexity index is 476. The quantitative estimate of drug-likeness (QED) is 0.267. The Morgan fingerprint density at radius 3 is 2.71 bits per heavy atom. The van der Waals surface area contributed by atoms with Crippen molar-refractivity contribution in [3.05, 3.63) is 21.9 Å². The van der Waals surface area contributed by atoms with Crippen LogP contribution in [-0.4, -0.2) is 45.5 Å². The number of ether oxygens (including phenoxy) is 2. The summed E-state index contributed by atoms with van der Waals surface area (Å²) in [6, 6.07) is 4.39. The molecule has 5 nitrogen and oxygen atoms in total. The van der Waals surface area contributed by atoms with Gasteiger partial charge < -0.3 is 20.1 Å². The molecule has 0 spiro atoms. The van der Waals surface area contributed by atoms with Crippen LogP contribution in [0.3, 0.4) is 0 Å². The van der Waals surface area contributed by atoms with E-state index in [0.717, 1.165) is 64.6 Å². The standard InChI is InChI=1S/C17H29N3O2S.HI/c1-3-15-5-6-16(23-15)13-20-17(18-2)19-9-4-10-22-14-7-11-21-12-8-14;/h5-6,14H,3-4,7-13H2,1-2H3,(H2,18,19,20);1H. The number of guanidine groups is 1. The minimum absolute atomic E-state index is 0. The molecule has 0 aromatic carbocycles. The summed E-state index contributed by atoms with van der Waals surface area (Å²) in [5, 5.41) is 6.69. The fourth-order valence-corrected chi connectivity index (χ4v) is 3.37. The zero-order valence-electron chi connectivity index (χ0n) is 14.7. The first-order chi connectivity index (χ1) is 11.3. The van der Waals surface area contributed by atoms with Crippen molar-refractivity contribution in [1.82, 2.24) is 10.6 Å². The molecule has 138 valence electrons. The molecular formula is C17H30IN3O2S. The van der Waals surface area contributed by atoms with Gasteiger partial charge in [0.15, 0.2) is 5.96 Å². The van der Waals surface area contributed by atoms with Crippen LogP contribution in [0.15, 0.2) is 17.1 Å². The summed E-state index contributed by atoms with van der Waals surface area (Å²) in [7, 11) is 1.81. The van der Waals surface area contributed by atoms with Crippen LogP contribution in [0.5, 0.6) is 0 Å². The Balaban J connectivity index is 0.00000288. The van der Waals surface area contributed by atoms with E-state index in [-0.39, 0.29) is 24.0 Å². The van der Waals surface area contributed by atoms with Gasteiger partial charge in [-0.15, -0.1) is 35.3 Å². The molecule has 1 aliphatic rings. The van der Waals surface area contributed by atoms with Crippen molar-refractivity contribution in [2.45, 2.75) is 45.3 Å². The van der Waals surface area contributed by atoms with Gasteiger partial charge in [0.05, 0.1) is 12.6 Å². The van der Waals surface area contributed by atoms with E-state index in [0.29, 0.717) is 6.10 Å². The number of aryl methyl sites for hydroxylation is 1. The summed E-state index contributed by atoms with van der Waals surface area (Å²) in [5.41, 5.74) is 0. The lowest BCUT2D eigenvalue weighted by atomic mass is 10.1. The molecule has 1 aliphatic heterocycles. The Hall–Kier alpha value is -0.380. The average Bonchev–Trinajstić information content (AvgIpc) is 3.06. The molecule has 0 bridgehead atoms. The highest BCUT2D eigenvalue weighted by Gasteiger charge is 2.13. The van der Waals surface area contributed by atoms with E-state index in [2.05, 4.69) is 34.7 Å². The number of halogens is 1. The highest BCUT2D eigenvalue weighted by atomic mass is 127. The average molecular weight is 467 g/mol. The van der Waals surface area contributed by atoms with Crippen LogP contribution in [0.2, 0.25) is 0 Å². The molecule has 0 unspecified atom stereocenters. The molecular weight excluding hydrogens is 437 g/mol. The van der Waals surface area contributed by atoms with Crippen LogP contribution in [-0.2, 0) is 22.4 Å². The lowest BCUT2D eigenvalue weighted by molar-refractivity contribution is -0.0320. The molecule has 0 atom stereocenters. The molecule has 0 amide bonds. The van der Waals surface area contributed by atoms with E-state index < -0.39 is 0 Å². The fraction of sp³-hybridized carbons (Fsp3) is 0.706. The van der Waals surface area contributed by atoms with Crippen molar-refractivity contribution in [3.63, 3.8) is 0 Å². The number of hydrogen-bond acceptors (Lipinski definition) is 4. The Morgan fingerprint density at radius 2 is 2.04 bits per heavy atom. The molecule has 2 rings (SSSR count). The number of aliphatic imine (C=N–C) groups is 1. The van der Waals surface area contributed by atoms with E-state index in [1.165, 1.54) is 9.75 Å². The number of nitrogens with zero attached hydrogens (tertiary/aromatic N) is 1. The molecule has 2 N–H and O–H groups in total. The van der Waals surface area contributed by atoms with E-state index in [9.17, 15) is 0 Å². The summed E-state index contributed by atoms with van der Waals surface area (Å²) < 4.78 is 11.2. The molecule has 0 saturated carbocycles. The van der Waals surface area contributed by atoms with Gasteiger partial charge in [-0.05, 0) is 37.8 Å². The van der Waals surface area contributed by atoms with Crippen molar-refractivity contribution in [1.29, 1.82) is 0 Å². The molecule has 0 radical (unpaired) electrons. The van der Waals surface area contributed by atoms with Gasteiger partial charge >= 0.3 is 0 Å². The topological polar surface area (TPSA) is 54.9 Å².